The quantitative estimate of drug-likeness (QED) is 0.732. The molecule has 27 heavy (non-hydrogen) atoms. The highest BCUT2D eigenvalue weighted by molar-refractivity contribution is 6.07. The molecule has 0 atom stereocenters. The summed E-state index contributed by atoms with van der Waals surface area (Å²) in [5.41, 5.74) is 2.06. The second-order valence-corrected chi connectivity index (χ2v) is 6.29. The molecule has 4 heteroatoms. The molecule has 0 fully saturated rings. The van der Waals surface area contributed by atoms with Gasteiger partial charge in [0.2, 0.25) is 0 Å². The third-order valence-electron chi connectivity index (χ3n) is 4.14. The van der Waals surface area contributed by atoms with Gasteiger partial charge in [0.1, 0.15) is 0 Å². The Labute approximate surface area is 158 Å². The van der Waals surface area contributed by atoms with Crippen molar-refractivity contribution < 1.29 is 9.59 Å². The van der Waals surface area contributed by atoms with E-state index in [-0.39, 0.29) is 18.4 Å². The highest BCUT2D eigenvalue weighted by Crippen LogP contribution is 2.18. The molecule has 0 saturated heterocycles. The van der Waals surface area contributed by atoms with Crippen LogP contribution < -0.4 is 5.32 Å². The summed E-state index contributed by atoms with van der Waals surface area (Å²) in [6, 6.07) is 20.6. The fourth-order valence-corrected chi connectivity index (χ4v) is 2.74. The van der Waals surface area contributed by atoms with E-state index in [9.17, 15) is 9.59 Å². The molecule has 0 bridgehead atoms. The molecule has 0 radical (unpaired) electrons. The lowest BCUT2D eigenvalue weighted by molar-refractivity contribution is 0.0827. The number of hydrogen-bond donors (Lipinski definition) is 1. The first-order valence-corrected chi connectivity index (χ1v) is 8.63. The summed E-state index contributed by atoms with van der Waals surface area (Å²) in [4.78, 5) is 25.8. The molecule has 0 unspecified atom stereocenters. The van der Waals surface area contributed by atoms with Gasteiger partial charge in [-0.1, -0.05) is 48.2 Å². The van der Waals surface area contributed by atoms with E-state index in [4.69, 9.17) is 0 Å². The number of amides is 2. The molecular weight excluding hydrogens is 336 g/mol. The minimum Gasteiger partial charge on any atom is -0.345 e. The van der Waals surface area contributed by atoms with Crippen LogP contribution in [0.3, 0.4) is 0 Å². The summed E-state index contributed by atoms with van der Waals surface area (Å²) in [7, 11) is 3.43. The molecule has 0 spiro atoms. The third-order valence-corrected chi connectivity index (χ3v) is 4.14. The van der Waals surface area contributed by atoms with Crippen LogP contribution in [0.5, 0.6) is 0 Å². The van der Waals surface area contributed by atoms with E-state index in [1.807, 2.05) is 42.5 Å². The van der Waals surface area contributed by atoms with Crippen LogP contribution in [0.4, 0.5) is 0 Å². The van der Waals surface area contributed by atoms with Gasteiger partial charge in [-0.05, 0) is 41.1 Å². The molecule has 2 amide bonds. The molecule has 0 aliphatic rings. The fourth-order valence-electron chi connectivity index (χ4n) is 2.74. The summed E-state index contributed by atoms with van der Waals surface area (Å²) in [5, 5.41) is 4.79. The second kappa shape index (κ2) is 8.20. The summed E-state index contributed by atoms with van der Waals surface area (Å²) >= 11 is 0. The average molecular weight is 356 g/mol. The highest BCUT2D eigenvalue weighted by atomic mass is 16.2. The van der Waals surface area contributed by atoms with Gasteiger partial charge in [-0.3, -0.25) is 9.59 Å². The Hall–Kier alpha value is -3.58. The number of benzene rings is 3. The number of carbonyl (C=O) groups excluding carboxylic acids is 2. The largest absolute Gasteiger partial charge is 0.345 e. The Balaban J connectivity index is 1.63. The fraction of sp³-hybridized carbons (Fsp3) is 0.130. The van der Waals surface area contributed by atoms with Crippen LogP contribution in [-0.4, -0.2) is 37.4 Å². The molecule has 3 aromatic carbocycles. The number of nitrogens with zero attached hydrogens (tertiary/aromatic N) is 1. The first-order valence-electron chi connectivity index (χ1n) is 8.63. The molecule has 0 aromatic heterocycles. The van der Waals surface area contributed by atoms with E-state index in [0.29, 0.717) is 11.1 Å². The van der Waals surface area contributed by atoms with Crippen LogP contribution in [0.2, 0.25) is 0 Å². The maximum Gasteiger partial charge on any atom is 0.253 e. The van der Waals surface area contributed by atoms with Crippen molar-refractivity contribution in [1.82, 2.24) is 10.2 Å². The predicted octanol–water partition coefficient (Wildman–Crippen LogP) is 3.32. The van der Waals surface area contributed by atoms with E-state index in [1.54, 1.807) is 38.4 Å². The van der Waals surface area contributed by atoms with Crippen molar-refractivity contribution >= 4 is 22.6 Å². The first-order chi connectivity index (χ1) is 13.1. The zero-order chi connectivity index (χ0) is 19.2. The van der Waals surface area contributed by atoms with E-state index in [1.165, 1.54) is 4.90 Å². The Bertz CT molecular complexity index is 1040. The van der Waals surface area contributed by atoms with Gasteiger partial charge in [-0.2, -0.15) is 0 Å². The molecule has 4 nitrogen and oxygen atoms in total. The monoisotopic (exact) mass is 356 g/mol. The van der Waals surface area contributed by atoms with Crippen LogP contribution in [0.1, 0.15) is 26.3 Å². The average Bonchev–Trinajstić information content (AvgIpc) is 2.70. The highest BCUT2D eigenvalue weighted by Gasteiger charge is 2.08. The Kier molecular flexibility index (Phi) is 5.53. The van der Waals surface area contributed by atoms with Gasteiger partial charge in [0.15, 0.2) is 0 Å². The topological polar surface area (TPSA) is 49.4 Å². The van der Waals surface area contributed by atoms with Crippen molar-refractivity contribution in [2.24, 2.45) is 0 Å². The SMILES string of the molecule is CN(C)C(=O)c1ccc(C#CCNC(=O)c2cccc3ccccc23)cc1. The van der Waals surface area contributed by atoms with Gasteiger partial charge in [0, 0.05) is 30.8 Å². The van der Waals surface area contributed by atoms with Gasteiger partial charge >= 0.3 is 0 Å². The molecule has 0 aliphatic carbocycles. The molecule has 1 N–H and O–H groups in total. The second-order valence-electron chi connectivity index (χ2n) is 6.29. The third kappa shape index (κ3) is 4.34. The van der Waals surface area contributed by atoms with Gasteiger partial charge in [0.25, 0.3) is 11.8 Å². The van der Waals surface area contributed by atoms with Crippen LogP contribution >= 0.6 is 0 Å². The van der Waals surface area contributed by atoms with E-state index >= 15 is 0 Å². The molecule has 0 heterocycles. The number of carbonyl (C=O) groups is 2. The van der Waals surface area contributed by atoms with Crippen molar-refractivity contribution in [3.63, 3.8) is 0 Å². The Morgan fingerprint density at radius 3 is 2.37 bits per heavy atom. The lowest BCUT2D eigenvalue weighted by atomic mass is 10.0. The summed E-state index contributed by atoms with van der Waals surface area (Å²) in [5.74, 6) is 5.75. The maximum absolute atomic E-state index is 12.4. The standard InChI is InChI=1S/C23H20N2O2/c1-25(2)23(27)19-14-12-17(13-15-19)7-6-16-24-22(26)21-11-5-9-18-8-3-4-10-20(18)21/h3-5,8-15H,16H2,1-2H3,(H,24,26). The lowest BCUT2D eigenvalue weighted by Gasteiger charge is -2.09. The molecule has 134 valence electrons. The van der Waals surface area contributed by atoms with Crippen molar-refractivity contribution in [2.75, 3.05) is 20.6 Å². The van der Waals surface area contributed by atoms with E-state index in [2.05, 4.69) is 17.2 Å². The number of hydrogen-bond acceptors (Lipinski definition) is 2. The zero-order valence-electron chi connectivity index (χ0n) is 15.3. The Morgan fingerprint density at radius 2 is 1.63 bits per heavy atom. The smallest absolute Gasteiger partial charge is 0.253 e. The van der Waals surface area contributed by atoms with Crippen molar-refractivity contribution in [1.29, 1.82) is 0 Å². The minimum absolute atomic E-state index is 0.0446. The van der Waals surface area contributed by atoms with Crippen molar-refractivity contribution in [3.8, 4) is 11.8 Å². The van der Waals surface area contributed by atoms with Crippen molar-refractivity contribution in [3.05, 3.63) is 83.4 Å². The number of nitrogens with one attached hydrogen (secondary N) is 1. The number of rotatable bonds is 3. The lowest BCUT2D eigenvalue weighted by Crippen LogP contribution is -2.23. The predicted molar refractivity (Wildman–Crippen MR) is 108 cm³/mol. The Morgan fingerprint density at radius 1 is 0.926 bits per heavy atom. The van der Waals surface area contributed by atoms with Gasteiger partial charge in [-0.25, -0.2) is 0 Å². The first kappa shape index (κ1) is 18.2. The van der Waals surface area contributed by atoms with Crippen LogP contribution in [-0.2, 0) is 0 Å². The van der Waals surface area contributed by atoms with Crippen LogP contribution in [0.25, 0.3) is 10.8 Å². The maximum atomic E-state index is 12.4. The summed E-state index contributed by atoms with van der Waals surface area (Å²) < 4.78 is 0. The van der Waals surface area contributed by atoms with Gasteiger partial charge < -0.3 is 10.2 Å². The van der Waals surface area contributed by atoms with Gasteiger partial charge in [-0.15, -0.1) is 0 Å². The van der Waals surface area contributed by atoms with Crippen LogP contribution in [0, 0.1) is 11.8 Å². The summed E-state index contributed by atoms with van der Waals surface area (Å²) in [6.45, 7) is 0.250. The van der Waals surface area contributed by atoms with E-state index in [0.717, 1.165) is 16.3 Å². The van der Waals surface area contributed by atoms with E-state index < -0.39 is 0 Å². The molecule has 0 aliphatic heterocycles. The van der Waals surface area contributed by atoms with Crippen molar-refractivity contribution in [2.45, 2.75) is 0 Å². The molecule has 3 aromatic rings. The summed E-state index contributed by atoms with van der Waals surface area (Å²) in [6.07, 6.45) is 0. The molecular formula is C23H20N2O2. The minimum atomic E-state index is -0.145. The molecule has 3 rings (SSSR count). The van der Waals surface area contributed by atoms with Gasteiger partial charge in [0.05, 0.1) is 6.54 Å². The molecule has 0 saturated carbocycles. The number of fused-ring (bicyclic) bond motifs is 1. The van der Waals surface area contributed by atoms with Crippen LogP contribution in [0.15, 0.2) is 66.7 Å². The normalized spacial score (nSPS) is 10.0. The zero-order valence-corrected chi connectivity index (χ0v) is 15.3.